The minimum Gasteiger partial charge on any atom is -0.490 e. The van der Waals surface area contributed by atoms with Crippen LogP contribution < -0.4 is 4.74 Å². The monoisotopic (exact) mass is 340 g/mol. The van der Waals surface area contributed by atoms with Gasteiger partial charge in [0.25, 0.3) is 0 Å². The van der Waals surface area contributed by atoms with Crippen molar-refractivity contribution in [1.82, 2.24) is 9.55 Å². The quantitative estimate of drug-likeness (QED) is 0.765. The second-order valence-corrected chi connectivity index (χ2v) is 7.36. The molecular formula is C21H28N2O2. The SMILES string of the molecule is c1cn(CCC2CCCOC2)c(-c2ccc(OC3CCCC3)cc2)n1. The van der Waals surface area contributed by atoms with E-state index in [-0.39, 0.29) is 0 Å². The summed E-state index contributed by atoms with van der Waals surface area (Å²) in [7, 11) is 0. The van der Waals surface area contributed by atoms with E-state index in [4.69, 9.17) is 9.47 Å². The lowest BCUT2D eigenvalue weighted by atomic mass is 9.99. The largest absolute Gasteiger partial charge is 0.490 e. The molecule has 0 bridgehead atoms. The van der Waals surface area contributed by atoms with Crippen molar-refractivity contribution in [2.75, 3.05) is 13.2 Å². The van der Waals surface area contributed by atoms with Crippen LogP contribution in [0.3, 0.4) is 0 Å². The summed E-state index contributed by atoms with van der Waals surface area (Å²) in [5.74, 6) is 2.71. The van der Waals surface area contributed by atoms with Gasteiger partial charge in [0.1, 0.15) is 11.6 Å². The zero-order valence-electron chi connectivity index (χ0n) is 14.9. The Bertz CT molecular complexity index is 653. The maximum absolute atomic E-state index is 6.06. The summed E-state index contributed by atoms with van der Waals surface area (Å²) in [4.78, 5) is 4.57. The summed E-state index contributed by atoms with van der Waals surface area (Å²) >= 11 is 0. The molecule has 4 heteroatoms. The third-order valence-corrected chi connectivity index (χ3v) is 5.47. The predicted molar refractivity (Wildman–Crippen MR) is 98.7 cm³/mol. The second-order valence-electron chi connectivity index (χ2n) is 7.36. The van der Waals surface area contributed by atoms with E-state index in [1.54, 1.807) is 0 Å². The van der Waals surface area contributed by atoms with E-state index in [0.29, 0.717) is 12.0 Å². The van der Waals surface area contributed by atoms with Crippen molar-refractivity contribution in [3.8, 4) is 17.1 Å². The molecule has 2 fully saturated rings. The van der Waals surface area contributed by atoms with Gasteiger partial charge in [0, 0.05) is 37.7 Å². The van der Waals surface area contributed by atoms with Gasteiger partial charge < -0.3 is 14.0 Å². The maximum atomic E-state index is 6.06. The fourth-order valence-electron chi connectivity index (χ4n) is 3.99. The molecule has 1 aromatic carbocycles. The average molecular weight is 340 g/mol. The van der Waals surface area contributed by atoms with Gasteiger partial charge in [-0.1, -0.05) is 0 Å². The molecule has 1 aliphatic carbocycles. The van der Waals surface area contributed by atoms with E-state index in [9.17, 15) is 0 Å². The van der Waals surface area contributed by atoms with E-state index in [1.165, 1.54) is 38.5 Å². The van der Waals surface area contributed by atoms with Gasteiger partial charge in [-0.2, -0.15) is 0 Å². The van der Waals surface area contributed by atoms with Crippen molar-refractivity contribution in [2.24, 2.45) is 5.92 Å². The number of ether oxygens (including phenoxy) is 2. The Morgan fingerprint density at radius 2 is 1.92 bits per heavy atom. The molecule has 2 aromatic rings. The first kappa shape index (κ1) is 16.6. The molecule has 2 aliphatic rings. The lowest BCUT2D eigenvalue weighted by Crippen LogP contribution is -2.19. The second kappa shape index (κ2) is 8.05. The smallest absolute Gasteiger partial charge is 0.139 e. The molecule has 1 atom stereocenters. The highest BCUT2D eigenvalue weighted by molar-refractivity contribution is 5.56. The fourth-order valence-corrected chi connectivity index (χ4v) is 3.99. The molecule has 4 nitrogen and oxygen atoms in total. The van der Waals surface area contributed by atoms with Crippen LogP contribution in [0.15, 0.2) is 36.7 Å². The van der Waals surface area contributed by atoms with Crippen molar-refractivity contribution < 1.29 is 9.47 Å². The number of aromatic nitrogens is 2. The minimum atomic E-state index is 0.408. The van der Waals surface area contributed by atoms with E-state index in [2.05, 4.69) is 40.0 Å². The summed E-state index contributed by atoms with van der Waals surface area (Å²) in [5.41, 5.74) is 1.16. The van der Waals surface area contributed by atoms with Gasteiger partial charge in [-0.05, 0) is 75.1 Å². The van der Waals surface area contributed by atoms with Crippen LogP contribution in [0, 0.1) is 5.92 Å². The molecule has 2 heterocycles. The van der Waals surface area contributed by atoms with Gasteiger partial charge in [-0.25, -0.2) is 4.98 Å². The van der Waals surface area contributed by atoms with Crippen LogP contribution >= 0.6 is 0 Å². The van der Waals surface area contributed by atoms with E-state index in [1.807, 2.05) is 6.20 Å². The number of rotatable bonds is 6. The predicted octanol–water partition coefficient (Wildman–Crippen LogP) is 4.69. The summed E-state index contributed by atoms with van der Waals surface area (Å²) in [6.07, 6.45) is 13.0. The van der Waals surface area contributed by atoms with Crippen molar-refractivity contribution in [2.45, 2.75) is 57.6 Å². The molecular weight excluding hydrogens is 312 g/mol. The van der Waals surface area contributed by atoms with Gasteiger partial charge in [-0.15, -0.1) is 0 Å². The molecule has 1 unspecified atom stereocenters. The first-order valence-electron chi connectivity index (χ1n) is 9.74. The molecule has 1 saturated heterocycles. The molecule has 0 spiro atoms. The summed E-state index contributed by atoms with van der Waals surface area (Å²) < 4.78 is 13.9. The van der Waals surface area contributed by atoms with Crippen molar-refractivity contribution in [3.05, 3.63) is 36.7 Å². The molecule has 1 saturated carbocycles. The van der Waals surface area contributed by atoms with Crippen LogP contribution in [-0.4, -0.2) is 28.9 Å². The third-order valence-electron chi connectivity index (χ3n) is 5.47. The molecule has 4 rings (SSSR count). The normalized spacial score (nSPS) is 21.5. The van der Waals surface area contributed by atoms with Crippen LogP contribution in [0.25, 0.3) is 11.4 Å². The Morgan fingerprint density at radius 1 is 1.08 bits per heavy atom. The Kier molecular flexibility index (Phi) is 5.36. The topological polar surface area (TPSA) is 36.3 Å². The maximum Gasteiger partial charge on any atom is 0.139 e. The van der Waals surface area contributed by atoms with Crippen LogP contribution in [0.4, 0.5) is 0 Å². The molecule has 25 heavy (non-hydrogen) atoms. The Balaban J connectivity index is 1.38. The summed E-state index contributed by atoms with van der Waals surface area (Å²) in [5, 5.41) is 0. The number of aryl methyl sites for hydroxylation is 1. The Morgan fingerprint density at radius 3 is 2.68 bits per heavy atom. The van der Waals surface area contributed by atoms with Crippen molar-refractivity contribution >= 4 is 0 Å². The highest BCUT2D eigenvalue weighted by atomic mass is 16.5. The molecule has 134 valence electrons. The van der Waals surface area contributed by atoms with Gasteiger partial charge in [0.15, 0.2) is 0 Å². The third kappa shape index (κ3) is 4.24. The highest BCUT2D eigenvalue weighted by Crippen LogP contribution is 2.27. The Labute approximate surface area is 150 Å². The minimum absolute atomic E-state index is 0.408. The first-order chi connectivity index (χ1) is 12.4. The molecule has 0 radical (unpaired) electrons. The summed E-state index contributed by atoms with van der Waals surface area (Å²) in [6, 6.07) is 8.43. The van der Waals surface area contributed by atoms with Gasteiger partial charge in [0.2, 0.25) is 0 Å². The van der Waals surface area contributed by atoms with Crippen molar-refractivity contribution in [3.63, 3.8) is 0 Å². The summed E-state index contributed by atoms with van der Waals surface area (Å²) in [6.45, 7) is 2.85. The molecule has 1 aromatic heterocycles. The average Bonchev–Trinajstić information content (AvgIpc) is 3.33. The number of hydrogen-bond donors (Lipinski definition) is 0. The number of benzene rings is 1. The van der Waals surface area contributed by atoms with Gasteiger partial charge in [0.05, 0.1) is 6.10 Å². The highest BCUT2D eigenvalue weighted by Gasteiger charge is 2.17. The molecule has 1 aliphatic heterocycles. The van der Waals surface area contributed by atoms with Crippen LogP contribution in [0.5, 0.6) is 5.75 Å². The van der Waals surface area contributed by atoms with E-state index < -0.39 is 0 Å². The lowest BCUT2D eigenvalue weighted by Gasteiger charge is -2.22. The number of imidazole rings is 1. The molecule has 0 N–H and O–H groups in total. The van der Waals surface area contributed by atoms with E-state index in [0.717, 1.165) is 43.3 Å². The van der Waals surface area contributed by atoms with Crippen LogP contribution in [0.2, 0.25) is 0 Å². The zero-order valence-corrected chi connectivity index (χ0v) is 14.9. The van der Waals surface area contributed by atoms with Crippen LogP contribution in [0.1, 0.15) is 44.9 Å². The van der Waals surface area contributed by atoms with Gasteiger partial charge >= 0.3 is 0 Å². The fraction of sp³-hybridized carbons (Fsp3) is 0.571. The zero-order chi connectivity index (χ0) is 16.9. The van der Waals surface area contributed by atoms with Crippen molar-refractivity contribution in [1.29, 1.82) is 0 Å². The Hall–Kier alpha value is -1.81. The number of nitrogens with zero attached hydrogens (tertiary/aromatic N) is 2. The van der Waals surface area contributed by atoms with Crippen LogP contribution in [-0.2, 0) is 11.3 Å². The number of hydrogen-bond acceptors (Lipinski definition) is 3. The first-order valence-corrected chi connectivity index (χ1v) is 9.74. The standard InChI is InChI=1S/C21H28N2O2/c1-2-6-19(5-1)25-20-9-7-18(8-10-20)21-22-12-14-23(21)13-11-17-4-3-15-24-16-17/h7-10,12,14,17,19H,1-6,11,13,15-16H2. The van der Waals surface area contributed by atoms with Gasteiger partial charge in [-0.3, -0.25) is 0 Å². The lowest BCUT2D eigenvalue weighted by molar-refractivity contribution is 0.0501. The molecule has 0 amide bonds. The van der Waals surface area contributed by atoms with E-state index >= 15 is 0 Å².